The fourth-order valence-electron chi connectivity index (χ4n) is 2.01. The van der Waals surface area contributed by atoms with E-state index in [2.05, 4.69) is 15.0 Å². The van der Waals surface area contributed by atoms with Gasteiger partial charge in [-0.2, -0.15) is 18.2 Å². The minimum Gasteiger partial charge on any atom is -0.481 e. The number of halogens is 3. The summed E-state index contributed by atoms with van der Waals surface area (Å²) in [5.41, 5.74) is -0.666. The van der Waals surface area contributed by atoms with Gasteiger partial charge in [0, 0.05) is 23.0 Å². The smallest absolute Gasteiger partial charge is 0.435 e. The van der Waals surface area contributed by atoms with Crippen molar-refractivity contribution >= 4 is 21.9 Å². The summed E-state index contributed by atoms with van der Waals surface area (Å²) < 4.78 is 43.5. The molecule has 0 radical (unpaired) electrons. The topological polar surface area (TPSA) is 50.8 Å². The molecule has 19 heavy (non-hydrogen) atoms. The number of aromatic amines is 1. The number of ether oxygens (including phenoxy) is 1. The Morgan fingerprint density at radius 2 is 1.95 bits per heavy atom. The van der Waals surface area contributed by atoms with Crippen LogP contribution in [0, 0.1) is 0 Å². The first-order chi connectivity index (χ1) is 9.00. The zero-order valence-corrected chi connectivity index (χ0v) is 9.75. The molecular weight excluding hydrogens is 259 g/mol. The number of methoxy groups -OCH3 is 1. The molecule has 3 heterocycles. The molecule has 7 heteroatoms. The summed E-state index contributed by atoms with van der Waals surface area (Å²) in [4.78, 5) is 10.1. The fourth-order valence-corrected chi connectivity index (χ4v) is 2.01. The largest absolute Gasteiger partial charge is 0.481 e. The van der Waals surface area contributed by atoms with Gasteiger partial charge in [0.2, 0.25) is 5.88 Å². The second kappa shape index (κ2) is 3.84. The maximum Gasteiger partial charge on any atom is 0.435 e. The molecule has 0 aromatic carbocycles. The molecule has 0 saturated heterocycles. The van der Waals surface area contributed by atoms with Gasteiger partial charge in [0.25, 0.3) is 0 Å². The lowest BCUT2D eigenvalue weighted by atomic mass is 10.2. The van der Waals surface area contributed by atoms with Gasteiger partial charge in [0.1, 0.15) is 5.65 Å². The van der Waals surface area contributed by atoms with Crippen molar-refractivity contribution in [1.29, 1.82) is 0 Å². The zero-order chi connectivity index (χ0) is 13.6. The van der Waals surface area contributed by atoms with Crippen LogP contribution in [-0.2, 0) is 6.18 Å². The summed E-state index contributed by atoms with van der Waals surface area (Å²) >= 11 is 0. The van der Waals surface area contributed by atoms with E-state index in [4.69, 9.17) is 4.74 Å². The van der Waals surface area contributed by atoms with Gasteiger partial charge in [-0.05, 0) is 12.1 Å². The van der Waals surface area contributed by atoms with Crippen LogP contribution in [0.15, 0.2) is 24.4 Å². The van der Waals surface area contributed by atoms with Gasteiger partial charge in [-0.25, -0.2) is 4.98 Å². The van der Waals surface area contributed by atoms with Crippen LogP contribution in [0.1, 0.15) is 5.69 Å². The van der Waals surface area contributed by atoms with Crippen LogP contribution in [0.4, 0.5) is 13.2 Å². The molecule has 3 rings (SSSR count). The van der Waals surface area contributed by atoms with E-state index in [0.717, 1.165) is 6.20 Å². The minimum absolute atomic E-state index is 0.0641. The molecule has 0 spiro atoms. The van der Waals surface area contributed by atoms with Crippen molar-refractivity contribution in [1.82, 2.24) is 15.0 Å². The van der Waals surface area contributed by atoms with Crippen molar-refractivity contribution in [3.05, 3.63) is 30.1 Å². The van der Waals surface area contributed by atoms with E-state index < -0.39 is 11.9 Å². The molecule has 0 aliphatic rings. The van der Waals surface area contributed by atoms with Crippen LogP contribution in [0.2, 0.25) is 0 Å². The van der Waals surface area contributed by atoms with Gasteiger partial charge in [0.05, 0.1) is 12.6 Å². The van der Waals surface area contributed by atoms with Gasteiger partial charge in [-0.15, -0.1) is 0 Å². The molecule has 1 N–H and O–H groups in total. The number of rotatable bonds is 1. The Balaban J connectivity index is 2.39. The molecule has 3 aromatic rings. The Bertz CT molecular complexity index is 764. The first kappa shape index (κ1) is 11.8. The van der Waals surface area contributed by atoms with Crippen molar-refractivity contribution in [2.24, 2.45) is 0 Å². The van der Waals surface area contributed by atoms with Crippen molar-refractivity contribution < 1.29 is 17.9 Å². The molecule has 0 fully saturated rings. The number of hydrogen-bond acceptors (Lipinski definition) is 3. The number of H-pyrrole nitrogens is 1. The van der Waals surface area contributed by atoms with Crippen LogP contribution >= 0.6 is 0 Å². The van der Waals surface area contributed by atoms with Crippen molar-refractivity contribution in [2.45, 2.75) is 6.18 Å². The molecular formula is C12H8F3N3O. The average molecular weight is 267 g/mol. The molecule has 0 aliphatic carbocycles. The Morgan fingerprint density at radius 3 is 2.63 bits per heavy atom. The Hall–Kier alpha value is -2.31. The number of nitrogens with zero attached hydrogens (tertiary/aromatic N) is 2. The number of hydrogen-bond donors (Lipinski definition) is 1. The molecule has 98 valence electrons. The number of alkyl halides is 3. The second-order valence-electron chi connectivity index (χ2n) is 3.95. The van der Waals surface area contributed by atoms with Crippen LogP contribution in [0.3, 0.4) is 0 Å². The minimum atomic E-state index is -4.51. The molecule has 0 amide bonds. The molecule has 4 nitrogen and oxygen atoms in total. The third-order valence-electron chi connectivity index (χ3n) is 2.83. The highest BCUT2D eigenvalue weighted by atomic mass is 19.4. The van der Waals surface area contributed by atoms with Gasteiger partial charge < -0.3 is 9.72 Å². The third kappa shape index (κ3) is 1.78. The summed E-state index contributed by atoms with van der Waals surface area (Å²) in [5, 5.41) is 1.04. The number of pyridine rings is 2. The Morgan fingerprint density at radius 1 is 1.16 bits per heavy atom. The van der Waals surface area contributed by atoms with Gasteiger partial charge in [-0.3, -0.25) is 0 Å². The van der Waals surface area contributed by atoms with Crippen LogP contribution in [-0.4, -0.2) is 22.1 Å². The highest BCUT2D eigenvalue weighted by molar-refractivity contribution is 6.06. The lowest BCUT2D eigenvalue weighted by Crippen LogP contribution is -2.08. The fraction of sp³-hybridized carbons (Fsp3) is 0.167. The van der Waals surface area contributed by atoms with Crippen molar-refractivity contribution in [3.8, 4) is 5.88 Å². The van der Waals surface area contributed by atoms with Crippen LogP contribution < -0.4 is 4.74 Å². The normalized spacial score (nSPS) is 12.2. The van der Waals surface area contributed by atoms with E-state index in [-0.39, 0.29) is 5.52 Å². The Labute approximate surface area is 105 Å². The predicted octanol–water partition coefficient (Wildman–Crippen LogP) is 3.14. The lowest BCUT2D eigenvalue weighted by Gasteiger charge is -2.05. The highest BCUT2D eigenvalue weighted by Gasteiger charge is 2.35. The summed E-state index contributed by atoms with van der Waals surface area (Å²) in [6, 6.07) is 4.79. The van der Waals surface area contributed by atoms with E-state index in [9.17, 15) is 13.2 Å². The summed E-state index contributed by atoms with van der Waals surface area (Å²) in [5.74, 6) is 0.334. The monoisotopic (exact) mass is 267 g/mol. The van der Waals surface area contributed by atoms with Crippen LogP contribution in [0.25, 0.3) is 21.9 Å². The second-order valence-corrected chi connectivity index (χ2v) is 3.95. The molecule has 3 aromatic heterocycles. The molecule has 0 aliphatic heterocycles. The van der Waals surface area contributed by atoms with E-state index >= 15 is 0 Å². The summed E-state index contributed by atoms with van der Waals surface area (Å²) in [6.07, 6.45) is -3.37. The quantitative estimate of drug-likeness (QED) is 0.736. The van der Waals surface area contributed by atoms with E-state index in [1.807, 2.05) is 0 Å². The number of aromatic nitrogens is 3. The van der Waals surface area contributed by atoms with E-state index in [1.54, 1.807) is 12.1 Å². The SMILES string of the molecule is COc1ccc2c(n1)[nH]c1c(C(F)(F)F)nccc12. The first-order valence-corrected chi connectivity index (χ1v) is 5.39. The van der Waals surface area contributed by atoms with Crippen molar-refractivity contribution in [3.63, 3.8) is 0 Å². The van der Waals surface area contributed by atoms with Crippen LogP contribution in [0.5, 0.6) is 5.88 Å². The zero-order valence-electron chi connectivity index (χ0n) is 9.75. The summed E-state index contributed by atoms with van der Waals surface area (Å²) in [6.45, 7) is 0. The average Bonchev–Trinajstić information content (AvgIpc) is 2.74. The van der Waals surface area contributed by atoms with Gasteiger partial charge in [0.15, 0.2) is 5.69 Å². The maximum atomic E-state index is 12.9. The van der Waals surface area contributed by atoms with Gasteiger partial charge >= 0.3 is 6.18 Å². The van der Waals surface area contributed by atoms with Crippen molar-refractivity contribution in [2.75, 3.05) is 7.11 Å². The third-order valence-corrected chi connectivity index (χ3v) is 2.83. The van der Waals surface area contributed by atoms with E-state index in [1.165, 1.54) is 13.2 Å². The highest BCUT2D eigenvalue weighted by Crippen LogP contribution is 2.35. The number of fused-ring (bicyclic) bond motifs is 3. The Kier molecular flexibility index (Phi) is 2.38. The standard InChI is InChI=1S/C12H8F3N3O/c1-19-8-3-2-7-6-4-5-16-10(12(13,14)15)9(6)18-11(7)17-8/h2-5H,1H3,(H,17,18). The lowest BCUT2D eigenvalue weighted by molar-refractivity contribution is -0.139. The molecule has 0 atom stereocenters. The van der Waals surface area contributed by atoms with Gasteiger partial charge in [-0.1, -0.05) is 0 Å². The predicted molar refractivity (Wildman–Crippen MR) is 62.9 cm³/mol. The number of nitrogens with one attached hydrogen (secondary N) is 1. The molecule has 0 unspecified atom stereocenters. The summed E-state index contributed by atoms with van der Waals surface area (Å²) in [7, 11) is 1.44. The first-order valence-electron chi connectivity index (χ1n) is 5.39. The molecule has 0 bridgehead atoms. The molecule has 0 saturated carbocycles. The maximum absolute atomic E-state index is 12.9. The van der Waals surface area contributed by atoms with E-state index in [0.29, 0.717) is 22.3 Å².